The number of carbonyl (C=O) groups is 2. The van der Waals surface area contributed by atoms with E-state index in [4.69, 9.17) is 5.73 Å². The molecule has 1 fully saturated rings. The minimum Gasteiger partial charge on any atom is -0.478 e. The molecular formula is C15H19IN2O3. The zero-order valence-electron chi connectivity index (χ0n) is 11.7. The first-order chi connectivity index (χ1) is 9.98. The van der Waals surface area contributed by atoms with Crippen LogP contribution in [-0.2, 0) is 4.79 Å². The summed E-state index contributed by atoms with van der Waals surface area (Å²) in [5.74, 6) is -1.21. The second-order valence-corrected chi connectivity index (χ2v) is 6.74. The Kier molecular flexibility index (Phi) is 5.21. The van der Waals surface area contributed by atoms with Gasteiger partial charge in [0.1, 0.15) is 0 Å². The van der Waals surface area contributed by atoms with Crippen LogP contribution in [0.25, 0.3) is 0 Å². The van der Waals surface area contributed by atoms with Gasteiger partial charge in [-0.25, -0.2) is 4.79 Å². The molecule has 1 saturated carbocycles. The molecule has 0 spiro atoms. The van der Waals surface area contributed by atoms with Crippen molar-refractivity contribution in [3.05, 3.63) is 27.3 Å². The Hall–Kier alpha value is -1.15. The van der Waals surface area contributed by atoms with Crippen molar-refractivity contribution in [2.45, 2.75) is 32.1 Å². The van der Waals surface area contributed by atoms with E-state index in [2.05, 4.69) is 5.32 Å². The van der Waals surface area contributed by atoms with Gasteiger partial charge in [0.25, 0.3) is 0 Å². The lowest BCUT2D eigenvalue weighted by molar-refractivity contribution is -0.126. The number of carbonyl (C=O) groups excluding carboxylic acids is 1. The fourth-order valence-electron chi connectivity index (χ4n) is 2.81. The number of aromatic carboxylic acids is 1. The molecular weight excluding hydrogens is 383 g/mol. The average molecular weight is 402 g/mol. The predicted molar refractivity (Wildman–Crippen MR) is 89.3 cm³/mol. The molecule has 0 bridgehead atoms. The number of nitrogens with two attached hydrogens (primary N) is 1. The Balaban J connectivity index is 2.24. The van der Waals surface area contributed by atoms with Gasteiger partial charge in [-0.3, -0.25) is 4.79 Å². The van der Waals surface area contributed by atoms with E-state index in [9.17, 15) is 14.7 Å². The number of hydrogen-bond acceptors (Lipinski definition) is 3. The summed E-state index contributed by atoms with van der Waals surface area (Å²) in [4.78, 5) is 23.9. The van der Waals surface area contributed by atoms with Crippen LogP contribution < -0.4 is 11.1 Å². The first-order valence-electron chi connectivity index (χ1n) is 7.03. The number of halogens is 1. The maximum absolute atomic E-state index is 12.6. The normalized spacial score (nSPS) is 17.2. The Morgan fingerprint density at radius 2 is 1.95 bits per heavy atom. The molecule has 0 atom stereocenters. The quantitative estimate of drug-likeness (QED) is 0.676. The Labute approximate surface area is 137 Å². The number of rotatable bonds is 4. The van der Waals surface area contributed by atoms with Gasteiger partial charge in [0.15, 0.2) is 0 Å². The monoisotopic (exact) mass is 402 g/mol. The number of amides is 1. The van der Waals surface area contributed by atoms with Gasteiger partial charge < -0.3 is 16.2 Å². The SMILES string of the molecule is NCC1(C(=O)Nc2ccc(I)cc2C(=O)O)CCCCC1. The third-order valence-electron chi connectivity index (χ3n) is 4.14. The van der Waals surface area contributed by atoms with Crippen LogP contribution in [0.15, 0.2) is 18.2 Å². The van der Waals surface area contributed by atoms with Crippen LogP contribution in [0.1, 0.15) is 42.5 Å². The van der Waals surface area contributed by atoms with E-state index in [0.717, 1.165) is 35.7 Å². The molecule has 5 nitrogen and oxygen atoms in total. The molecule has 6 heteroatoms. The maximum atomic E-state index is 12.6. The van der Waals surface area contributed by atoms with E-state index in [-0.39, 0.29) is 11.5 Å². The zero-order valence-corrected chi connectivity index (χ0v) is 13.9. The first kappa shape index (κ1) is 16.2. The summed E-state index contributed by atoms with van der Waals surface area (Å²) in [5.41, 5.74) is 5.73. The minimum absolute atomic E-state index is 0.109. The third kappa shape index (κ3) is 3.55. The number of carboxylic acids is 1. The number of carboxylic acid groups (broad SMARTS) is 1. The average Bonchev–Trinajstić information content (AvgIpc) is 2.49. The van der Waals surface area contributed by atoms with Crippen molar-refractivity contribution in [1.82, 2.24) is 0 Å². The van der Waals surface area contributed by atoms with Crippen LogP contribution in [0.2, 0.25) is 0 Å². The van der Waals surface area contributed by atoms with Gasteiger partial charge in [-0.15, -0.1) is 0 Å². The number of benzene rings is 1. The van der Waals surface area contributed by atoms with Crippen molar-refractivity contribution in [2.75, 3.05) is 11.9 Å². The van der Waals surface area contributed by atoms with Gasteiger partial charge in [-0.05, 0) is 53.6 Å². The van der Waals surface area contributed by atoms with Gasteiger partial charge >= 0.3 is 5.97 Å². The largest absolute Gasteiger partial charge is 0.478 e. The molecule has 2 rings (SSSR count). The fourth-order valence-corrected chi connectivity index (χ4v) is 3.30. The molecule has 0 saturated heterocycles. The summed E-state index contributed by atoms with van der Waals surface area (Å²) >= 11 is 2.05. The highest BCUT2D eigenvalue weighted by Gasteiger charge is 2.38. The summed E-state index contributed by atoms with van der Waals surface area (Å²) in [6.07, 6.45) is 4.63. The molecule has 0 aromatic heterocycles. The standard InChI is InChI=1S/C15H19IN2O3/c16-10-4-5-12(11(8-10)13(19)20)18-14(21)15(9-17)6-2-1-3-7-15/h4-5,8H,1-3,6-7,9,17H2,(H,18,21)(H,19,20). The Bertz CT molecular complexity index is 554. The third-order valence-corrected chi connectivity index (χ3v) is 4.81. The van der Waals surface area contributed by atoms with Crippen molar-refractivity contribution in [2.24, 2.45) is 11.1 Å². The van der Waals surface area contributed by atoms with Crippen molar-refractivity contribution < 1.29 is 14.7 Å². The lowest BCUT2D eigenvalue weighted by atomic mass is 9.73. The van der Waals surface area contributed by atoms with E-state index in [1.165, 1.54) is 0 Å². The van der Waals surface area contributed by atoms with Crippen molar-refractivity contribution in [3.8, 4) is 0 Å². The molecule has 1 aliphatic carbocycles. The molecule has 1 aliphatic rings. The van der Waals surface area contributed by atoms with Crippen molar-refractivity contribution in [1.29, 1.82) is 0 Å². The number of hydrogen-bond donors (Lipinski definition) is 3. The highest BCUT2D eigenvalue weighted by molar-refractivity contribution is 14.1. The molecule has 21 heavy (non-hydrogen) atoms. The van der Waals surface area contributed by atoms with E-state index in [0.29, 0.717) is 12.2 Å². The van der Waals surface area contributed by atoms with Gasteiger partial charge in [-0.2, -0.15) is 0 Å². The van der Waals surface area contributed by atoms with Crippen LogP contribution in [0.3, 0.4) is 0 Å². The molecule has 0 aliphatic heterocycles. The summed E-state index contributed by atoms with van der Waals surface area (Å²) in [7, 11) is 0. The van der Waals surface area contributed by atoms with Gasteiger partial charge in [0.05, 0.1) is 16.7 Å². The van der Waals surface area contributed by atoms with E-state index >= 15 is 0 Å². The van der Waals surface area contributed by atoms with Crippen LogP contribution in [0.4, 0.5) is 5.69 Å². The topological polar surface area (TPSA) is 92.4 Å². The predicted octanol–water partition coefficient (Wildman–Crippen LogP) is 2.84. The van der Waals surface area contributed by atoms with E-state index in [1.807, 2.05) is 22.6 Å². The number of nitrogens with one attached hydrogen (secondary N) is 1. The zero-order chi connectivity index (χ0) is 15.5. The van der Waals surface area contributed by atoms with Crippen LogP contribution >= 0.6 is 22.6 Å². The lowest BCUT2D eigenvalue weighted by Gasteiger charge is -2.34. The molecule has 1 aromatic rings. The van der Waals surface area contributed by atoms with Crippen molar-refractivity contribution >= 4 is 40.2 Å². The minimum atomic E-state index is -1.05. The Morgan fingerprint density at radius 1 is 1.29 bits per heavy atom. The highest BCUT2D eigenvalue weighted by atomic mass is 127. The van der Waals surface area contributed by atoms with Gasteiger partial charge in [0, 0.05) is 10.1 Å². The van der Waals surface area contributed by atoms with E-state index in [1.54, 1.807) is 18.2 Å². The molecule has 0 radical (unpaired) electrons. The molecule has 0 unspecified atom stereocenters. The Morgan fingerprint density at radius 3 is 2.52 bits per heavy atom. The molecule has 1 aromatic carbocycles. The highest BCUT2D eigenvalue weighted by Crippen LogP contribution is 2.36. The number of anilines is 1. The second-order valence-electron chi connectivity index (χ2n) is 5.49. The smallest absolute Gasteiger partial charge is 0.337 e. The molecule has 114 valence electrons. The van der Waals surface area contributed by atoms with Crippen LogP contribution in [0.5, 0.6) is 0 Å². The molecule has 0 heterocycles. The maximum Gasteiger partial charge on any atom is 0.337 e. The van der Waals surface area contributed by atoms with Crippen LogP contribution in [0, 0.1) is 8.99 Å². The van der Waals surface area contributed by atoms with Crippen LogP contribution in [-0.4, -0.2) is 23.5 Å². The van der Waals surface area contributed by atoms with Gasteiger partial charge in [-0.1, -0.05) is 19.3 Å². The molecule has 4 N–H and O–H groups in total. The van der Waals surface area contributed by atoms with Crippen molar-refractivity contribution in [3.63, 3.8) is 0 Å². The first-order valence-corrected chi connectivity index (χ1v) is 8.11. The fraction of sp³-hybridized carbons (Fsp3) is 0.467. The summed E-state index contributed by atoms with van der Waals surface area (Å²) in [5, 5.41) is 12.0. The lowest BCUT2D eigenvalue weighted by Crippen LogP contribution is -2.44. The summed E-state index contributed by atoms with van der Waals surface area (Å²) in [6, 6.07) is 4.96. The molecule has 1 amide bonds. The van der Waals surface area contributed by atoms with Gasteiger partial charge in [0.2, 0.25) is 5.91 Å². The summed E-state index contributed by atoms with van der Waals surface area (Å²) < 4.78 is 0.814. The van der Waals surface area contributed by atoms with E-state index < -0.39 is 11.4 Å². The summed E-state index contributed by atoms with van der Waals surface area (Å²) in [6.45, 7) is 0.297. The second kappa shape index (κ2) is 6.74.